The topological polar surface area (TPSA) is 23.6 Å². The largest absolute Gasteiger partial charge is 0.349 e. The molecule has 0 aromatic carbocycles. The van der Waals surface area contributed by atoms with Crippen molar-refractivity contribution in [2.24, 2.45) is 0 Å². The minimum Gasteiger partial charge on any atom is -0.349 e. The first-order chi connectivity index (χ1) is 7.71. The van der Waals surface area contributed by atoms with E-state index in [-0.39, 0.29) is 9.74 Å². The monoisotopic (exact) mass is 254 g/mol. The first kappa shape index (κ1) is 9.71. The summed E-state index contributed by atoms with van der Waals surface area (Å²) in [7, 11) is 3.69. The Bertz CT molecular complexity index is 375. The van der Waals surface area contributed by atoms with E-state index >= 15 is 0 Å². The molecule has 5 heterocycles. The van der Waals surface area contributed by atoms with Gasteiger partial charge in [-0.3, -0.25) is 4.79 Å². The number of fused-ring (bicyclic) bond motifs is 1. The van der Waals surface area contributed by atoms with Crippen LogP contribution in [0.5, 0.6) is 0 Å². The minimum atomic E-state index is -0.284. The minimum absolute atomic E-state index is 0.0894. The fraction of sp³-hybridized carbons (Fsp3) is 0.727. The van der Waals surface area contributed by atoms with Crippen molar-refractivity contribution in [2.45, 2.75) is 35.4 Å². The Kier molecular flexibility index (Phi) is 1.67. The molecule has 5 heteroatoms. The van der Waals surface area contributed by atoms with Crippen LogP contribution < -0.4 is 0 Å². The lowest BCUT2D eigenvalue weighted by molar-refractivity contribution is -0.142. The summed E-state index contributed by atoms with van der Waals surface area (Å²) in [4.78, 5) is 16.7. The average molecular weight is 254 g/mol. The number of hydrogen-bond donors (Lipinski definition) is 0. The molecule has 0 aromatic rings. The van der Waals surface area contributed by atoms with E-state index in [4.69, 9.17) is 0 Å². The summed E-state index contributed by atoms with van der Waals surface area (Å²) in [5.74, 6) is 0.360. The maximum absolute atomic E-state index is 12.6. The van der Waals surface area contributed by atoms with Crippen molar-refractivity contribution in [3.05, 3.63) is 12.3 Å². The molecule has 0 radical (unpaired) electrons. The van der Waals surface area contributed by atoms with E-state index < -0.39 is 0 Å². The van der Waals surface area contributed by atoms with Crippen molar-refractivity contribution in [1.29, 1.82) is 0 Å². The van der Waals surface area contributed by atoms with Gasteiger partial charge in [-0.05, 0) is 25.7 Å². The highest BCUT2D eigenvalue weighted by Crippen LogP contribution is 2.67. The van der Waals surface area contributed by atoms with Crippen LogP contribution >= 0.6 is 21.6 Å². The van der Waals surface area contributed by atoms with E-state index in [1.165, 1.54) is 5.70 Å². The zero-order valence-electron chi connectivity index (χ0n) is 9.07. The lowest BCUT2D eigenvalue weighted by Gasteiger charge is -2.59. The summed E-state index contributed by atoms with van der Waals surface area (Å²) in [5.41, 5.74) is 1.20. The smallest absolute Gasteiger partial charge is 0.261 e. The maximum Gasteiger partial charge on any atom is 0.261 e. The predicted octanol–water partition coefficient (Wildman–Crippen LogP) is 2.02. The average Bonchev–Trinajstić information content (AvgIpc) is 2.89. The van der Waals surface area contributed by atoms with Gasteiger partial charge in [0.25, 0.3) is 5.91 Å². The van der Waals surface area contributed by atoms with Crippen molar-refractivity contribution < 1.29 is 4.79 Å². The quantitative estimate of drug-likeness (QED) is 0.617. The van der Waals surface area contributed by atoms with E-state index in [2.05, 4.69) is 16.4 Å². The molecular formula is C11H14N2OS2. The van der Waals surface area contributed by atoms with Crippen molar-refractivity contribution in [3.8, 4) is 0 Å². The number of piperazine rings is 1. The molecule has 0 N–H and O–H groups in total. The van der Waals surface area contributed by atoms with Gasteiger partial charge in [-0.2, -0.15) is 0 Å². The molecule has 0 aromatic heterocycles. The number of hydrogen-bond acceptors (Lipinski definition) is 4. The van der Waals surface area contributed by atoms with Gasteiger partial charge in [0.2, 0.25) is 0 Å². The molecule has 2 atom stereocenters. The van der Waals surface area contributed by atoms with Crippen LogP contribution in [0.4, 0.5) is 0 Å². The summed E-state index contributed by atoms with van der Waals surface area (Å²) in [6, 6.07) is 0. The van der Waals surface area contributed by atoms with Gasteiger partial charge in [0.15, 0.2) is 4.87 Å². The third-order valence-electron chi connectivity index (χ3n) is 4.34. The molecule has 5 rings (SSSR count). The zero-order chi connectivity index (χ0) is 11.0. The molecule has 2 bridgehead atoms. The number of amides is 1. The van der Waals surface area contributed by atoms with Crippen molar-refractivity contribution >= 4 is 27.5 Å². The first-order valence-electron chi connectivity index (χ1n) is 5.87. The van der Waals surface area contributed by atoms with Crippen molar-refractivity contribution in [3.63, 3.8) is 0 Å². The standard InChI is InChI=1S/C11H14N2OS2/c1-8-10-4-2-7-13(10)9(14)11(16-15-10)5-3-6-12(8)11/h1-7H2. The van der Waals surface area contributed by atoms with Gasteiger partial charge in [-0.1, -0.05) is 28.2 Å². The Hall–Kier alpha value is -0.290. The molecule has 2 unspecified atom stereocenters. The van der Waals surface area contributed by atoms with E-state index in [1.54, 1.807) is 10.8 Å². The van der Waals surface area contributed by atoms with E-state index in [0.717, 1.165) is 38.8 Å². The van der Waals surface area contributed by atoms with Crippen LogP contribution in [0.1, 0.15) is 25.7 Å². The normalized spacial score (nSPS) is 45.2. The van der Waals surface area contributed by atoms with Crippen molar-refractivity contribution in [1.82, 2.24) is 9.80 Å². The third-order valence-corrected chi connectivity index (χ3v) is 8.14. The second-order valence-corrected chi connectivity index (χ2v) is 7.68. The molecule has 5 aliphatic rings. The molecular weight excluding hydrogens is 240 g/mol. The van der Waals surface area contributed by atoms with Gasteiger partial charge in [0.1, 0.15) is 4.87 Å². The summed E-state index contributed by atoms with van der Waals surface area (Å²) >= 11 is 0. The lowest BCUT2D eigenvalue weighted by Crippen LogP contribution is -2.69. The molecule has 3 nitrogen and oxygen atoms in total. The molecule has 5 saturated heterocycles. The van der Waals surface area contributed by atoms with Crippen LogP contribution in [0.3, 0.4) is 0 Å². The number of rotatable bonds is 0. The molecule has 16 heavy (non-hydrogen) atoms. The Morgan fingerprint density at radius 2 is 1.69 bits per heavy atom. The second-order valence-electron chi connectivity index (χ2n) is 5.00. The fourth-order valence-corrected chi connectivity index (χ4v) is 7.59. The number of carbonyl (C=O) groups is 1. The number of nitrogens with zero attached hydrogens (tertiary/aromatic N) is 2. The van der Waals surface area contributed by atoms with E-state index in [1.807, 2.05) is 10.8 Å². The first-order valence-corrected chi connectivity index (χ1v) is 8.02. The Balaban J connectivity index is 1.92. The van der Waals surface area contributed by atoms with E-state index in [9.17, 15) is 4.79 Å². The van der Waals surface area contributed by atoms with Crippen molar-refractivity contribution in [2.75, 3.05) is 13.1 Å². The van der Waals surface area contributed by atoms with Crippen LogP contribution in [0.15, 0.2) is 12.3 Å². The highest BCUT2D eigenvalue weighted by molar-refractivity contribution is 8.78. The number of carbonyl (C=O) groups excluding carboxylic acids is 1. The Morgan fingerprint density at radius 3 is 2.50 bits per heavy atom. The molecule has 1 amide bonds. The second kappa shape index (κ2) is 2.75. The third kappa shape index (κ3) is 0.797. The molecule has 5 aliphatic heterocycles. The Morgan fingerprint density at radius 1 is 1.06 bits per heavy atom. The summed E-state index contributed by atoms with van der Waals surface area (Å²) < 4.78 is 0. The SMILES string of the molecule is C=C1N2CCCC23SSC12CCCN2C3=O. The molecule has 0 aliphatic carbocycles. The highest BCUT2D eigenvalue weighted by Gasteiger charge is 2.68. The van der Waals surface area contributed by atoms with Crippen LogP contribution in [0.25, 0.3) is 0 Å². The summed E-state index contributed by atoms with van der Waals surface area (Å²) in [6.45, 7) is 6.25. The van der Waals surface area contributed by atoms with Gasteiger partial charge in [0.05, 0.1) is 0 Å². The maximum atomic E-state index is 12.6. The van der Waals surface area contributed by atoms with Gasteiger partial charge in [0, 0.05) is 18.8 Å². The van der Waals surface area contributed by atoms with Gasteiger partial charge in [-0.15, -0.1) is 0 Å². The lowest BCUT2D eigenvalue weighted by atomic mass is 10.0. The summed E-state index contributed by atoms with van der Waals surface area (Å²) in [6.07, 6.45) is 4.33. The molecule has 2 spiro atoms. The van der Waals surface area contributed by atoms with Gasteiger partial charge in [-0.25, -0.2) is 0 Å². The molecule has 0 saturated carbocycles. The van der Waals surface area contributed by atoms with E-state index in [0.29, 0.717) is 5.91 Å². The van der Waals surface area contributed by atoms with Gasteiger partial charge < -0.3 is 9.80 Å². The van der Waals surface area contributed by atoms with Crippen LogP contribution in [-0.2, 0) is 4.79 Å². The fourth-order valence-electron chi connectivity index (χ4n) is 3.54. The highest BCUT2D eigenvalue weighted by atomic mass is 33.1. The summed E-state index contributed by atoms with van der Waals surface area (Å²) in [5, 5.41) is 0. The van der Waals surface area contributed by atoms with Crippen LogP contribution in [0, 0.1) is 0 Å². The predicted molar refractivity (Wildman–Crippen MR) is 66.7 cm³/mol. The van der Waals surface area contributed by atoms with Crippen LogP contribution in [-0.4, -0.2) is 38.5 Å². The molecule has 86 valence electrons. The molecule has 5 fully saturated rings. The Labute approximate surface area is 103 Å². The van der Waals surface area contributed by atoms with Crippen LogP contribution in [0.2, 0.25) is 0 Å². The zero-order valence-corrected chi connectivity index (χ0v) is 10.7. The van der Waals surface area contributed by atoms with Gasteiger partial charge >= 0.3 is 0 Å².